The first-order valence-electron chi connectivity index (χ1n) is 13.3. The number of hydrogen-bond donors (Lipinski definition) is 1. The van der Waals surface area contributed by atoms with E-state index < -0.39 is 21.7 Å². The molecule has 1 atom stereocenters. The molecule has 0 aliphatic heterocycles. The molecule has 206 valence electrons. The molecule has 2 N–H and O–H groups in total. The first-order valence-corrected chi connectivity index (χ1v) is 14.9. The van der Waals surface area contributed by atoms with Crippen molar-refractivity contribution >= 4 is 15.8 Å². The van der Waals surface area contributed by atoms with E-state index in [0.29, 0.717) is 29.0 Å². The molecule has 1 heterocycles. The molecule has 1 saturated carbocycles. The summed E-state index contributed by atoms with van der Waals surface area (Å²) in [4.78, 5) is 17.9. The highest BCUT2D eigenvalue weighted by molar-refractivity contribution is 7.89. The Hall–Kier alpha value is -4.01. The van der Waals surface area contributed by atoms with Gasteiger partial charge in [0.25, 0.3) is 0 Å². The Balaban J connectivity index is 1.70. The quantitative estimate of drug-likeness (QED) is 0.252. The Morgan fingerprint density at radius 3 is 2.35 bits per heavy atom. The molecule has 4 aromatic rings. The Labute approximate surface area is 235 Å². The molecule has 1 fully saturated rings. The zero-order valence-electron chi connectivity index (χ0n) is 22.3. The van der Waals surface area contributed by atoms with Crippen LogP contribution in [0.2, 0.25) is 0 Å². The van der Waals surface area contributed by atoms with Gasteiger partial charge in [-0.25, -0.2) is 13.6 Å². The van der Waals surface area contributed by atoms with Crippen molar-refractivity contribution in [3.8, 4) is 11.5 Å². The molecule has 3 aromatic carbocycles. The first-order chi connectivity index (χ1) is 19.3. The van der Waals surface area contributed by atoms with Crippen molar-refractivity contribution in [2.24, 2.45) is 5.14 Å². The predicted octanol–water partition coefficient (Wildman–Crippen LogP) is 5.66. The highest BCUT2D eigenvalue weighted by Gasteiger charge is 2.29. The van der Waals surface area contributed by atoms with Crippen LogP contribution in [-0.4, -0.2) is 32.4 Å². The van der Waals surface area contributed by atoms with Gasteiger partial charge < -0.3 is 9.47 Å². The molecule has 1 aliphatic rings. The number of nitrogens with zero attached hydrogens (tertiary/aromatic N) is 1. The molecule has 1 aliphatic carbocycles. The van der Waals surface area contributed by atoms with Gasteiger partial charge in [-0.15, -0.1) is 0 Å². The fraction of sp³-hybridized carbons (Fsp3) is 0.250. The van der Waals surface area contributed by atoms with Crippen molar-refractivity contribution in [1.29, 1.82) is 0 Å². The second-order valence-corrected chi connectivity index (χ2v) is 11.5. The molecule has 0 amide bonds. The van der Waals surface area contributed by atoms with Gasteiger partial charge in [0.05, 0.1) is 18.1 Å². The van der Waals surface area contributed by atoms with E-state index in [0.717, 1.165) is 36.8 Å². The van der Waals surface area contributed by atoms with Crippen LogP contribution in [0, 0.1) is 0 Å². The number of methoxy groups -OCH3 is 1. The molecule has 0 saturated heterocycles. The predicted molar refractivity (Wildman–Crippen MR) is 153 cm³/mol. The number of carbonyl (C=O) groups excluding carboxylic acids is 1. The van der Waals surface area contributed by atoms with Crippen LogP contribution in [0.1, 0.15) is 64.2 Å². The van der Waals surface area contributed by atoms with E-state index in [2.05, 4.69) is 4.98 Å². The molecular formula is C32H32N2O5S. The van der Waals surface area contributed by atoms with Gasteiger partial charge in [0, 0.05) is 29.4 Å². The first kappa shape index (κ1) is 27.6. The van der Waals surface area contributed by atoms with Crippen molar-refractivity contribution in [2.45, 2.75) is 49.0 Å². The lowest BCUT2D eigenvalue weighted by molar-refractivity contribution is 0.103. The number of nitrogens with two attached hydrogens (primary N) is 1. The lowest BCUT2D eigenvalue weighted by atomic mass is 9.82. The largest absolute Gasteiger partial charge is 0.493 e. The van der Waals surface area contributed by atoms with Crippen LogP contribution in [0.25, 0.3) is 0 Å². The van der Waals surface area contributed by atoms with Crippen molar-refractivity contribution in [1.82, 2.24) is 4.98 Å². The summed E-state index contributed by atoms with van der Waals surface area (Å²) in [5.74, 6) is 0.446. The fourth-order valence-corrected chi connectivity index (χ4v) is 6.17. The average molecular weight is 557 g/mol. The van der Waals surface area contributed by atoms with Crippen LogP contribution >= 0.6 is 0 Å². The lowest BCUT2D eigenvalue weighted by Gasteiger charge is -2.24. The molecule has 40 heavy (non-hydrogen) atoms. The Kier molecular flexibility index (Phi) is 8.28. The van der Waals surface area contributed by atoms with Crippen molar-refractivity contribution in [2.75, 3.05) is 7.11 Å². The maximum atomic E-state index is 13.9. The minimum Gasteiger partial charge on any atom is -0.493 e. The zero-order chi connectivity index (χ0) is 28.1. The molecule has 0 bridgehead atoms. The third-order valence-electron chi connectivity index (χ3n) is 7.38. The summed E-state index contributed by atoms with van der Waals surface area (Å²) in [7, 11) is -2.60. The third kappa shape index (κ3) is 6.08. The van der Waals surface area contributed by atoms with Crippen LogP contribution in [0.15, 0.2) is 96.2 Å². The molecule has 0 radical (unpaired) electrons. The number of ketones is 1. The van der Waals surface area contributed by atoms with E-state index in [1.165, 1.54) is 6.07 Å². The van der Waals surface area contributed by atoms with Gasteiger partial charge in [-0.3, -0.25) is 9.78 Å². The number of rotatable bonds is 10. The Bertz CT molecular complexity index is 1580. The summed E-state index contributed by atoms with van der Waals surface area (Å²) in [5, 5.41) is 5.66. The van der Waals surface area contributed by atoms with Gasteiger partial charge in [-0.2, -0.15) is 0 Å². The maximum absolute atomic E-state index is 13.9. The molecule has 7 nitrogen and oxygen atoms in total. The molecule has 5 rings (SSSR count). The van der Waals surface area contributed by atoms with Crippen LogP contribution in [-0.2, 0) is 16.4 Å². The average Bonchev–Trinajstić information content (AvgIpc) is 3.49. The van der Waals surface area contributed by atoms with Gasteiger partial charge >= 0.3 is 0 Å². The normalized spacial score (nSPS) is 14.6. The number of ether oxygens (including phenoxy) is 2. The van der Waals surface area contributed by atoms with E-state index >= 15 is 0 Å². The summed E-state index contributed by atoms with van der Waals surface area (Å²) in [6.07, 6.45) is 8.26. The highest BCUT2D eigenvalue weighted by Crippen LogP contribution is 2.39. The van der Waals surface area contributed by atoms with E-state index in [4.69, 9.17) is 14.6 Å². The minimum absolute atomic E-state index is 0.0735. The van der Waals surface area contributed by atoms with Gasteiger partial charge in [0.15, 0.2) is 17.3 Å². The molecule has 8 heteroatoms. The van der Waals surface area contributed by atoms with E-state index in [1.807, 2.05) is 30.3 Å². The summed E-state index contributed by atoms with van der Waals surface area (Å²) in [6, 6.07) is 23.0. The topological polar surface area (TPSA) is 109 Å². The zero-order valence-corrected chi connectivity index (χ0v) is 23.1. The highest BCUT2D eigenvalue weighted by atomic mass is 32.2. The SMILES string of the molecule is COc1ccc(C(Cc2ccncc2)c2cccc(S(N)(=O)=O)c2C(=O)c2ccccc2)cc1OC1CCCC1. The van der Waals surface area contributed by atoms with Crippen LogP contribution in [0.3, 0.4) is 0 Å². The van der Waals surface area contributed by atoms with E-state index in [9.17, 15) is 13.2 Å². The number of aromatic nitrogens is 1. The Morgan fingerprint density at radius 1 is 0.950 bits per heavy atom. The number of primary sulfonamides is 1. The van der Waals surface area contributed by atoms with Crippen LogP contribution < -0.4 is 14.6 Å². The smallest absolute Gasteiger partial charge is 0.238 e. The number of carbonyl (C=O) groups is 1. The second kappa shape index (κ2) is 12.0. The standard InChI is InChI=1S/C32H32N2O5S/c1-38-28-15-14-24(21-29(28)39-25-10-5-6-11-25)27(20-22-16-18-34-19-17-22)26-12-7-13-30(40(33,36)37)31(26)32(35)23-8-3-2-4-9-23/h2-4,7-9,12-19,21,25,27H,5-6,10-11,20H2,1H3,(H2,33,36,37). The van der Waals surface area contributed by atoms with Gasteiger partial charge in [0.1, 0.15) is 0 Å². The van der Waals surface area contributed by atoms with Gasteiger partial charge in [-0.1, -0.05) is 48.5 Å². The van der Waals surface area contributed by atoms with E-state index in [-0.39, 0.29) is 16.6 Å². The van der Waals surface area contributed by atoms with Gasteiger partial charge in [0.2, 0.25) is 10.0 Å². The van der Waals surface area contributed by atoms with E-state index in [1.54, 1.807) is 62.0 Å². The van der Waals surface area contributed by atoms with Crippen molar-refractivity contribution in [3.63, 3.8) is 0 Å². The molecular weight excluding hydrogens is 524 g/mol. The summed E-state index contributed by atoms with van der Waals surface area (Å²) in [6.45, 7) is 0. The van der Waals surface area contributed by atoms with Crippen molar-refractivity contribution < 1.29 is 22.7 Å². The summed E-state index contributed by atoms with van der Waals surface area (Å²) < 4.78 is 37.5. The summed E-state index contributed by atoms with van der Waals surface area (Å²) >= 11 is 0. The van der Waals surface area contributed by atoms with Crippen LogP contribution in [0.5, 0.6) is 11.5 Å². The van der Waals surface area contributed by atoms with Gasteiger partial charge in [-0.05, 0) is 79.1 Å². The molecule has 0 spiro atoms. The summed E-state index contributed by atoms with van der Waals surface area (Å²) in [5.41, 5.74) is 2.86. The van der Waals surface area contributed by atoms with Crippen LogP contribution in [0.4, 0.5) is 0 Å². The number of sulfonamides is 1. The number of hydrogen-bond acceptors (Lipinski definition) is 6. The second-order valence-electron chi connectivity index (χ2n) is 10.0. The lowest BCUT2D eigenvalue weighted by Crippen LogP contribution is -2.21. The third-order valence-corrected chi connectivity index (χ3v) is 8.33. The maximum Gasteiger partial charge on any atom is 0.238 e. The molecule has 1 aromatic heterocycles. The number of pyridine rings is 1. The van der Waals surface area contributed by atoms with Crippen molar-refractivity contribution in [3.05, 3.63) is 119 Å². The minimum atomic E-state index is -4.21. The number of benzene rings is 3. The molecule has 1 unspecified atom stereocenters. The Morgan fingerprint density at radius 2 is 1.68 bits per heavy atom. The fourth-order valence-electron chi connectivity index (χ4n) is 5.40. The monoisotopic (exact) mass is 556 g/mol.